The van der Waals surface area contributed by atoms with E-state index in [9.17, 15) is 17.2 Å². The van der Waals surface area contributed by atoms with E-state index in [2.05, 4.69) is 10.3 Å². The summed E-state index contributed by atoms with van der Waals surface area (Å²) >= 11 is 0. The maximum atomic E-state index is 14.4. The van der Waals surface area contributed by atoms with Crippen LogP contribution in [-0.2, 0) is 23.0 Å². The van der Waals surface area contributed by atoms with Gasteiger partial charge in [0.15, 0.2) is 11.6 Å². The Labute approximate surface area is 191 Å². The average Bonchev–Trinajstić information content (AvgIpc) is 3.13. The summed E-state index contributed by atoms with van der Waals surface area (Å²) in [5.41, 5.74) is 2.41. The first-order valence-corrected chi connectivity index (χ1v) is 11.1. The number of aromatic nitrogens is 2. The molecule has 0 aliphatic carbocycles. The minimum Gasteiger partial charge on any atom is -0.316 e. The van der Waals surface area contributed by atoms with Gasteiger partial charge in [0.2, 0.25) is 0 Å². The first-order chi connectivity index (χ1) is 14.8. The lowest BCUT2D eigenvalue weighted by atomic mass is 10.0. The second-order valence-electron chi connectivity index (χ2n) is 7.37. The van der Waals surface area contributed by atoms with Gasteiger partial charge < -0.3 is 5.32 Å². The largest absolute Gasteiger partial charge is 0.316 e. The molecule has 5 nitrogen and oxygen atoms in total. The molecule has 0 fully saturated rings. The highest BCUT2D eigenvalue weighted by Gasteiger charge is 2.22. The fraction of sp³-hybridized carbons (Fsp3) is 0.174. The van der Waals surface area contributed by atoms with Crippen molar-refractivity contribution in [2.75, 3.05) is 7.05 Å². The molecule has 0 amide bonds. The number of benzene rings is 2. The Hall–Kier alpha value is -2.81. The van der Waals surface area contributed by atoms with Crippen LogP contribution in [0.25, 0.3) is 10.9 Å². The van der Waals surface area contributed by atoms with Gasteiger partial charge in [-0.15, -0.1) is 12.4 Å². The topological polar surface area (TPSA) is 64.0 Å². The zero-order valence-electron chi connectivity index (χ0n) is 17.5. The molecular weight excluding hydrogens is 456 g/mol. The normalized spacial score (nSPS) is 11.5. The summed E-state index contributed by atoms with van der Waals surface area (Å²) in [6.07, 6.45) is 4.53. The van der Waals surface area contributed by atoms with Gasteiger partial charge in [0.25, 0.3) is 10.0 Å². The first kappa shape index (κ1) is 23.8. The number of hydrogen-bond donors (Lipinski definition) is 1. The molecule has 2 heterocycles. The standard InChI is InChI=1S/C23H21F2N3O2S.ClH/c1-15-5-7-17(23(25)22(15)24)10-16-6-8-20-18(12-26-2)14-28(21(20)11-16)31(29,30)19-4-3-9-27-13-19;/h3-9,11,13-14,26H,10,12H2,1-2H3;1H. The van der Waals surface area contributed by atoms with E-state index in [1.807, 2.05) is 6.07 Å². The van der Waals surface area contributed by atoms with Gasteiger partial charge in [-0.25, -0.2) is 21.2 Å². The maximum absolute atomic E-state index is 14.4. The zero-order chi connectivity index (χ0) is 22.2. The number of hydrogen-bond acceptors (Lipinski definition) is 4. The molecule has 0 unspecified atom stereocenters. The summed E-state index contributed by atoms with van der Waals surface area (Å²) < 4.78 is 56.1. The van der Waals surface area contributed by atoms with Gasteiger partial charge in [0.05, 0.1) is 5.52 Å². The molecule has 0 radical (unpaired) electrons. The first-order valence-electron chi connectivity index (χ1n) is 9.69. The molecule has 0 aliphatic rings. The van der Waals surface area contributed by atoms with Gasteiger partial charge in [0.1, 0.15) is 4.90 Å². The van der Waals surface area contributed by atoms with E-state index in [4.69, 9.17) is 0 Å². The molecule has 1 N–H and O–H groups in total. The van der Waals surface area contributed by atoms with E-state index < -0.39 is 21.7 Å². The summed E-state index contributed by atoms with van der Waals surface area (Å²) in [6, 6.07) is 11.5. The molecule has 0 saturated heterocycles. The SMILES string of the molecule is CNCc1cn(S(=O)(=O)c2cccnc2)c2cc(Cc3ccc(C)c(F)c3F)ccc12.Cl. The number of rotatable bonds is 6. The quantitative estimate of drug-likeness (QED) is 0.441. The molecular formula is C23H22ClF2N3O2S. The average molecular weight is 478 g/mol. The number of nitrogens with one attached hydrogen (secondary N) is 1. The lowest BCUT2D eigenvalue weighted by Gasteiger charge is -2.09. The van der Waals surface area contributed by atoms with Gasteiger partial charge in [-0.2, -0.15) is 0 Å². The predicted molar refractivity (Wildman–Crippen MR) is 123 cm³/mol. The van der Waals surface area contributed by atoms with Crippen molar-refractivity contribution in [1.82, 2.24) is 14.3 Å². The summed E-state index contributed by atoms with van der Waals surface area (Å²) in [6.45, 7) is 1.98. The van der Waals surface area contributed by atoms with Crippen LogP contribution >= 0.6 is 12.4 Å². The Kier molecular flexibility index (Phi) is 6.97. The molecule has 32 heavy (non-hydrogen) atoms. The molecule has 0 spiro atoms. The molecule has 4 aromatic rings. The van der Waals surface area contributed by atoms with Gasteiger partial charge in [-0.05, 0) is 54.4 Å². The molecule has 4 rings (SSSR count). The van der Waals surface area contributed by atoms with Gasteiger partial charge in [-0.3, -0.25) is 4.98 Å². The lowest BCUT2D eigenvalue weighted by Crippen LogP contribution is -2.12. The third kappa shape index (κ3) is 4.26. The summed E-state index contributed by atoms with van der Waals surface area (Å²) in [5.74, 6) is -1.74. The van der Waals surface area contributed by atoms with Crippen LogP contribution < -0.4 is 5.32 Å². The Bertz CT molecular complexity index is 1370. The second-order valence-corrected chi connectivity index (χ2v) is 9.19. The van der Waals surface area contributed by atoms with E-state index in [-0.39, 0.29) is 34.9 Å². The van der Waals surface area contributed by atoms with Crippen molar-refractivity contribution >= 4 is 33.3 Å². The number of nitrogens with zero attached hydrogens (tertiary/aromatic N) is 2. The zero-order valence-corrected chi connectivity index (χ0v) is 19.1. The van der Waals surface area contributed by atoms with E-state index >= 15 is 0 Å². The van der Waals surface area contributed by atoms with Crippen LogP contribution in [0.2, 0.25) is 0 Å². The van der Waals surface area contributed by atoms with Crippen LogP contribution in [0.15, 0.2) is 66.0 Å². The highest BCUT2D eigenvalue weighted by molar-refractivity contribution is 7.90. The summed E-state index contributed by atoms with van der Waals surface area (Å²) in [5, 5.41) is 3.81. The van der Waals surface area contributed by atoms with E-state index in [0.717, 1.165) is 10.9 Å². The summed E-state index contributed by atoms with van der Waals surface area (Å²) in [7, 11) is -2.10. The van der Waals surface area contributed by atoms with Crippen LogP contribution in [0.1, 0.15) is 22.3 Å². The van der Waals surface area contributed by atoms with Crippen LogP contribution in [0, 0.1) is 18.6 Å². The molecule has 0 bridgehead atoms. The molecule has 2 aromatic heterocycles. The maximum Gasteiger partial charge on any atom is 0.269 e. The lowest BCUT2D eigenvalue weighted by molar-refractivity contribution is 0.495. The van der Waals surface area contributed by atoms with Crippen molar-refractivity contribution in [3.63, 3.8) is 0 Å². The number of halogens is 3. The summed E-state index contributed by atoms with van der Waals surface area (Å²) in [4.78, 5) is 3.99. The van der Waals surface area contributed by atoms with Gasteiger partial charge >= 0.3 is 0 Å². The smallest absolute Gasteiger partial charge is 0.269 e. The van der Waals surface area contributed by atoms with Gasteiger partial charge in [0, 0.05) is 36.9 Å². The number of fused-ring (bicyclic) bond motifs is 1. The fourth-order valence-electron chi connectivity index (χ4n) is 3.61. The number of pyridine rings is 1. The fourth-order valence-corrected chi connectivity index (χ4v) is 4.96. The van der Waals surface area contributed by atoms with Crippen LogP contribution in [0.3, 0.4) is 0 Å². The minimum absolute atomic E-state index is 0. The van der Waals surface area contributed by atoms with Crippen molar-refractivity contribution in [3.05, 3.63) is 94.9 Å². The third-order valence-corrected chi connectivity index (χ3v) is 6.88. The van der Waals surface area contributed by atoms with E-state index in [0.29, 0.717) is 17.6 Å². The molecule has 168 valence electrons. The Morgan fingerprint density at radius 1 is 1.06 bits per heavy atom. The Morgan fingerprint density at radius 3 is 2.53 bits per heavy atom. The van der Waals surface area contributed by atoms with Crippen molar-refractivity contribution in [1.29, 1.82) is 0 Å². The highest BCUT2D eigenvalue weighted by atomic mass is 35.5. The van der Waals surface area contributed by atoms with Crippen molar-refractivity contribution in [2.45, 2.75) is 24.8 Å². The molecule has 0 saturated carbocycles. The number of aryl methyl sites for hydroxylation is 1. The Balaban J connectivity index is 0.00000289. The van der Waals surface area contributed by atoms with Crippen molar-refractivity contribution in [3.8, 4) is 0 Å². The monoisotopic (exact) mass is 477 g/mol. The van der Waals surface area contributed by atoms with Crippen molar-refractivity contribution in [2.24, 2.45) is 0 Å². The third-order valence-electron chi connectivity index (χ3n) is 5.23. The van der Waals surface area contributed by atoms with E-state index in [1.54, 1.807) is 37.5 Å². The van der Waals surface area contributed by atoms with Crippen LogP contribution in [-0.4, -0.2) is 24.4 Å². The molecule has 0 atom stereocenters. The second kappa shape index (κ2) is 9.36. The van der Waals surface area contributed by atoms with Crippen molar-refractivity contribution < 1.29 is 17.2 Å². The van der Waals surface area contributed by atoms with Crippen LogP contribution in [0.4, 0.5) is 8.78 Å². The molecule has 9 heteroatoms. The molecule has 0 aliphatic heterocycles. The minimum atomic E-state index is -3.88. The predicted octanol–water partition coefficient (Wildman–Crippen LogP) is 4.59. The highest BCUT2D eigenvalue weighted by Crippen LogP contribution is 2.28. The van der Waals surface area contributed by atoms with Crippen LogP contribution in [0.5, 0.6) is 0 Å². The van der Waals surface area contributed by atoms with E-state index in [1.165, 1.54) is 35.4 Å². The molecule has 2 aromatic carbocycles. The Morgan fingerprint density at radius 2 is 1.84 bits per heavy atom. The van der Waals surface area contributed by atoms with Gasteiger partial charge in [-0.1, -0.05) is 24.3 Å².